The van der Waals surface area contributed by atoms with Crippen molar-refractivity contribution in [2.75, 3.05) is 45.9 Å². The zero-order valence-corrected chi connectivity index (χ0v) is 24.1. The fraction of sp³-hybridized carbons (Fsp3) is 0.414. The summed E-state index contributed by atoms with van der Waals surface area (Å²) >= 11 is 1.24. The molecule has 10 nitrogen and oxygen atoms in total. The van der Waals surface area contributed by atoms with Crippen molar-refractivity contribution in [2.24, 2.45) is 4.99 Å². The van der Waals surface area contributed by atoms with Crippen LogP contribution in [0.5, 0.6) is 17.2 Å². The SMILES string of the molecule is CCOC(=O)C1=C(C)N=c2sc(=Cc3ccc(N4CCCCC4)o3)c(=O)n2C1c1cc(OC)c(OC)c(OC)c1. The second kappa shape index (κ2) is 11.6. The number of hydrogen-bond acceptors (Lipinski definition) is 10. The number of benzene rings is 1. The molecule has 0 amide bonds. The van der Waals surface area contributed by atoms with Gasteiger partial charge < -0.3 is 28.3 Å². The van der Waals surface area contributed by atoms with Gasteiger partial charge in [-0.1, -0.05) is 11.3 Å². The molecule has 2 aliphatic heterocycles. The molecule has 0 aliphatic carbocycles. The number of thiazole rings is 1. The molecule has 11 heteroatoms. The highest BCUT2D eigenvalue weighted by Crippen LogP contribution is 2.42. The van der Waals surface area contributed by atoms with E-state index in [2.05, 4.69) is 9.89 Å². The average molecular weight is 568 g/mol. The lowest BCUT2D eigenvalue weighted by atomic mass is 9.95. The highest BCUT2D eigenvalue weighted by atomic mass is 32.1. The number of nitrogens with zero attached hydrogens (tertiary/aromatic N) is 3. The lowest BCUT2D eigenvalue weighted by molar-refractivity contribution is -0.139. The van der Waals surface area contributed by atoms with Gasteiger partial charge in [0, 0.05) is 25.2 Å². The Hall–Kier alpha value is -3.99. The van der Waals surface area contributed by atoms with Gasteiger partial charge in [0.05, 0.1) is 49.8 Å². The number of allylic oxidation sites excluding steroid dienone is 1. The van der Waals surface area contributed by atoms with Crippen LogP contribution in [0.15, 0.2) is 49.7 Å². The molecule has 0 N–H and O–H groups in total. The van der Waals surface area contributed by atoms with Crippen molar-refractivity contribution < 1.29 is 28.2 Å². The highest BCUT2D eigenvalue weighted by molar-refractivity contribution is 7.07. The van der Waals surface area contributed by atoms with E-state index < -0.39 is 12.0 Å². The number of hydrogen-bond donors (Lipinski definition) is 0. The normalized spacial score (nSPS) is 17.4. The van der Waals surface area contributed by atoms with Gasteiger partial charge in [-0.05, 0) is 56.9 Å². The van der Waals surface area contributed by atoms with Gasteiger partial charge >= 0.3 is 5.97 Å². The largest absolute Gasteiger partial charge is 0.493 e. The zero-order valence-electron chi connectivity index (χ0n) is 23.3. The van der Waals surface area contributed by atoms with Crippen molar-refractivity contribution in [3.05, 3.63) is 66.5 Å². The van der Waals surface area contributed by atoms with E-state index in [9.17, 15) is 9.59 Å². The monoisotopic (exact) mass is 567 g/mol. The molecule has 1 saturated heterocycles. The summed E-state index contributed by atoms with van der Waals surface area (Å²) in [6.45, 7) is 5.57. The maximum Gasteiger partial charge on any atom is 0.338 e. The third kappa shape index (κ3) is 5.01. The molecule has 1 fully saturated rings. The number of fused-ring (bicyclic) bond motifs is 1. The van der Waals surface area contributed by atoms with Crippen LogP contribution in [0, 0.1) is 0 Å². The predicted octanol–water partition coefficient (Wildman–Crippen LogP) is 3.41. The Kier molecular flexibility index (Phi) is 8.02. The van der Waals surface area contributed by atoms with Gasteiger partial charge in [-0.15, -0.1) is 0 Å². The number of anilines is 1. The first kappa shape index (κ1) is 27.6. The van der Waals surface area contributed by atoms with E-state index in [4.69, 9.17) is 23.4 Å². The summed E-state index contributed by atoms with van der Waals surface area (Å²) in [6.07, 6.45) is 5.23. The van der Waals surface area contributed by atoms with Crippen LogP contribution in [0.3, 0.4) is 0 Å². The molecule has 0 bridgehead atoms. The van der Waals surface area contributed by atoms with Crippen LogP contribution in [0.1, 0.15) is 50.5 Å². The van der Waals surface area contributed by atoms with Crippen molar-refractivity contribution in [1.82, 2.24) is 4.57 Å². The molecule has 0 saturated carbocycles. The number of piperidine rings is 1. The fourth-order valence-corrected chi connectivity index (χ4v) is 6.23. The van der Waals surface area contributed by atoms with Crippen molar-refractivity contribution in [3.63, 3.8) is 0 Å². The Morgan fingerprint density at radius 3 is 2.42 bits per heavy atom. The van der Waals surface area contributed by atoms with Gasteiger partial charge in [0.1, 0.15) is 5.76 Å². The highest BCUT2D eigenvalue weighted by Gasteiger charge is 2.34. The lowest BCUT2D eigenvalue weighted by Gasteiger charge is -2.26. The zero-order chi connectivity index (χ0) is 28.4. The van der Waals surface area contributed by atoms with Crippen LogP contribution in [0.25, 0.3) is 6.08 Å². The Labute approximate surface area is 235 Å². The Bertz CT molecular complexity index is 1600. The standard InChI is InChI=1S/C29H33N3O7S/c1-6-38-28(34)24-17(2)30-29-32(25(24)18-14-20(35-3)26(37-5)21(15-18)36-4)27(33)22(40-29)16-19-10-11-23(39-19)31-12-8-7-9-13-31/h10-11,14-16,25H,6-9,12-13H2,1-5H3. The molecule has 2 aliphatic rings. The van der Waals surface area contributed by atoms with Gasteiger partial charge in [-0.3, -0.25) is 9.36 Å². The van der Waals surface area contributed by atoms with Crippen LogP contribution in [0.2, 0.25) is 0 Å². The molecule has 0 spiro atoms. The number of carbonyl (C=O) groups is 1. The van der Waals surface area contributed by atoms with E-state index in [1.54, 1.807) is 32.1 Å². The van der Waals surface area contributed by atoms with Crippen molar-refractivity contribution in [2.45, 2.75) is 39.2 Å². The molecule has 2 aromatic heterocycles. The van der Waals surface area contributed by atoms with E-state index in [0.29, 0.717) is 43.6 Å². The Morgan fingerprint density at radius 2 is 1.80 bits per heavy atom. The smallest absolute Gasteiger partial charge is 0.338 e. The average Bonchev–Trinajstić information content (AvgIpc) is 3.56. The summed E-state index contributed by atoms with van der Waals surface area (Å²) in [5.41, 5.74) is 1.02. The molecule has 1 atom stereocenters. The van der Waals surface area contributed by atoms with Crippen molar-refractivity contribution in [3.8, 4) is 17.2 Å². The molecular weight excluding hydrogens is 534 g/mol. The first-order valence-corrected chi connectivity index (χ1v) is 14.1. The van der Waals surface area contributed by atoms with E-state index in [-0.39, 0.29) is 17.7 Å². The molecule has 40 heavy (non-hydrogen) atoms. The van der Waals surface area contributed by atoms with Crippen LogP contribution < -0.4 is 34.0 Å². The summed E-state index contributed by atoms with van der Waals surface area (Å²) in [5.74, 6) is 2.04. The quantitative estimate of drug-likeness (QED) is 0.382. The molecule has 4 heterocycles. The lowest BCUT2D eigenvalue weighted by Crippen LogP contribution is -2.40. The summed E-state index contributed by atoms with van der Waals surface area (Å²) in [4.78, 5) is 34.5. The third-order valence-corrected chi connectivity index (χ3v) is 8.06. The summed E-state index contributed by atoms with van der Waals surface area (Å²) < 4.78 is 30.1. The van der Waals surface area contributed by atoms with Gasteiger partial charge in [-0.25, -0.2) is 9.79 Å². The van der Waals surface area contributed by atoms with E-state index in [1.165, 1.54) is 43.7 Å². The number of ether oxygens (including phenoxy) is 4. The molecular formula is C29H33N3O7S. The minimum atomic E-state index is -0.827. The van der Waals surface area contributed by atoms with Gasteiger partial charge in [0.2, 0.25) is 5.75 Å². The number of rotatable bonds is 8. The van der Waals surface area contributed by atoms with Crippen LogP contribution in [-0.4, -0.2) is 51.6 Å². The van der Waals surface area contributed by atoms with Crippen molar-refractivity contribution >= 4 is 29.3 Å². The summed E-state index contributed by atoms with van der Waals surface area (Å²) in [5, 5.41) is 0. The van der Waals surface area contributed by atoms with Crippen molar-refractivity contribution in [1.29, 1.82) is 0 Å². The molecule has 3 aromatic rings. The van der Waals surface area contributed by atoms with Gasteiger partial charge in [-0.2, -0.15) is 0 Å². The number of carbonyl (C=O) groups excluding carboxylic acids is 1. The number of esters is 1. The molecule has 1 unspecified atom stereocenters. The Balaban J connectivity index is 1.67. The minimum Gasteiger partial charge on any atom is -0.493 e. The summed E-state index contributed by atoms with van der Waals surface area (Å²) in [6, 6.07) is 6.45. The molecule has 1 aromatic carbocycles. The van der Waals surface area contributed by atoms with Crippen LogP contribution in [0.4, 0.5) is 5.88 Å². The predicted molar refractivity (Wildman–Crippen MR) is 151 cm³/mol. The first-order chi connectivity index (χ1) is 19.4. The maximum atomic E-state index is 13.9. The van der Waals surface area contributed by atoms with Gasteiger partial charge in [0.15, 0.2) is 22.2 Å². The van der Waals surface area contributed by atoms with E-state index >= 15 is 0 Å². The molecule has 5 rings (SSSR count). The number of furan rings is 1. The topological polar surface area (TPSA) is 105 Å². The number of aromatic nitrogens is 1. The van der Waals surface area contributed by atoms with Crippen LogP contribution in [-0.2, 0) is 9.53 Å². The first-order valence-electron chi connectivity index (χ1n) is 13.2. The minimum absolute atomic E-state index is 0.180. The second-order valence-corrected chi connectivity index (χ2v) is 10.5. The summed E-state index contributed by atoms with van der Waals surface area (Å²) in [7, 11) is 4.55. The number of methoxy groups -OCH3 is 3. The second-order valence-electron chi connectivity index (χ2n) is 9.48. The van der Waals surface area contributed by atoms with Gasteiger partial charge in [0.25, 0.3) is 5.56 Å². The molecule has 0 radical (unpaired) electrons. The fourth-order valence-electron chi connectivity index (χ4n) is 5.20. The Morgan fingerprint density at radius 1 is 1.10 bits per heavy atom. The maximum absolute atomic E-state index is 13.9. The van der Waals surface area contributed by atoms with E-state index in [0.717, 1.165) is 31.8 Å². The molecule has 212 valence electrons. The third-order valence-electron chi connectivity index (χ3n) is 7.07. The van der Waals surface area contributed by atoms with Crippen LogP contribution >= 0.6 is 11.3 Å². The van der Waals surface area contributed by atoms with E-state index in [1.807, 2.05) is 12.1 Å².